The van der Waals surface area contributed by atoms with E-state index in [9.17, 15) is 4.39 Å². The van der Waals surface area contributed by atoms with Crippen LogP contribution in [-0.2, 0) is 6.54 Å². The second-order valence-electron chi connectivity index (χ2n) is 4.02. The van der Waals surface area contributed by atoms with Crippen LogP contribution in [0, 0.1) is 12.7 Å². The van der Waals surface area contributed by atoms with Crippen LogP contribution in [0.3, 0.4) is 0 Å². The zero-order valence-electron chi connectivity index (χ0n) is 10.3. The molecular weight excluding hydrogens is 233 g/mol. The molecule has 1 aromatic carbocycles. The zero-order chi connectivity index (χ0) is 13.0. The van der Waals surface area contributed by atoms with Gasteiger partial charge in [0.2, 0.25) is 0 Å². The zero-order valence-corrected chi connectivity index (χ0v) is 10.3. The van der Waals surface area contributed by atoms with E-state index in [0.717, 1.165) is 18.7 Å². The summed E-state index contributed by atoms with van der Waals surface area (Å²) in [6.07, 6.45) is 2.54. The fraction of sp³-hybridized carbons (Fsp3) is 0.308. The second kappa shape index (κ2) is 5.64. The molecule has 2 rings (SSSR count). The summed E-state index contributed by atoms with van der Waals surface area (Å²) in [7, 11) is 0. The lowest BCUT2D eigenvalue weighted by Crippen LogP contribution is -2.08. The van der Waals surface area contributed by atoms with Crippen molar-refractivity contribution in [3.63, 3.8) is 0 Å². The molecule has 5 heteroatoms. The molecule has 18 heavy (non-hydrogen) atoms. The van der Waals surface area contributed by atoms with E-state index in [1.165, 1.54) is 12.1 Å². The lowest BCUT2D eigenvalue weighted by atomic mass is 10.3. The van der Waals surface area contributed by atoms with Gasteiger partial charge in [0.05, 0.1) is 11.9 Å². The van der Waals surface area contributed by atoms with Crippen LogP contribution in [-0.4, -0.2) is 16.3 Å². The molecular formula is C13H16FN3O. The molecule has 0 atom stereocenters. The Kier molecular flexibility index (Phi) is 3.94. The van der Waals surface area contributed by atoms with Crippen LogP contribution >= 0.6 is 0 Å². The Morgan fingerprint density at radius 3 is 2.72 bits per heavy atom. The molecule has 0 aliphatic carbocycles. The highest BCUT2D eigenvalue weighted by Crippen LogP contribution is 2.24. The number of benzene rings is 1. The molecule has 0 unspecified atom stereocenters. The number of hydrogen-bond acceptors (Lipinski definition) is 3. The number of nitrogens with two attached hydrogens (primary N) is 1. The van der Waals surface area contributed by atoms with Gasteiger partial charge < -0.3 is 10.5 Å². The highest BCUT2D eigenvalue weighted by atomic mass is 19.1. The number of ether oxygens (including phenoxy) is 1. The van der Waals surface area contributed by atoms with Crippen LogP contribution in [0.1, 0.15) is 12.1 Å². The largest absolute Gasteiger partial charge is 0.454 e. The first-order valence-corrected chi connectivity index (χ1v) is 5.86. The van der Waals surface area contributed by atoms with Crippen molar-refractivity contribution in [3.8, 4) is 11.5 Å². The SMILES string of the molecule is Cc1c(Oc2ccc(F)cc2)cnn1CCCN. The van der Waals surface area contributed by atoms with Gasteiger partial charge in [-0.15, -0.1) is 0 Å². The summed E-state index contributed by atoms with van der Waals surface area (Å²) in [5, 5.41) is 4.23. The van der Waals surface area contributed by atoms with E-state index in [1.54, 1.807) is 18.3 Å². The summed E-state index contributed by atoms with van der Waals surface area (Å²) in [5.74, 6) is 0.995. The predicted molar refractivity (Wildman–Crippen MR) is 67.1 cm³/mol. The molecule has 0 bridgehead atoms. The highest BCUT2D eigenvalue weighted by molar-refractivity contribution is 5.32. The maximum absolute atomic E-state index is 12.8. The average molecular weight is 249 g/mol. The predicted octanol–water partition coefficient (Wildman–Crippen LogP) is 2.47. The summed E-state index contributed by atoms with van der Waals surface area (Å²) in [6, 6.07) is 5.91. The Balaban J connectivity index is 2.09. The number of aryl methyl sites for hydroxylation is 1. The third-order valence-electron chi connectivity index (χ3n) is 2.67. The van der Waals surface area contributed by atoms with Gasteiger partial charge >= 0.3 is 0 Å². The Bertz CT molecular complexity index is 507. The van der Waals surface area contributed by atoms with E-state index in [-0.39, 0.29) is 5.82 Å². The van der Waals surface area contributed by atoms with Crippen LogP contribution < -0.4 is 10.5 Å². The monoisotopic (exact) mass is 249 g/mol. The van der Waals surface area contributed by atoms with Gasteiger partial charge in [0, 0.05) is 6.54 Å². The summed E-state index contributed by atoms with van der Waals surface area (Å²) in [6.45, 7) is 3.34. The first-order chi connectivity index (χ1) is 8.70. The lowest BCUT2D eigenvalue weighted by molar-refractivity contribution is 0.472. The standard InChI is InChI=1S/C13H16FN3O/c1-10-13(9-16-17(10)8-2-7-15)18-12-5-3-11(14)4-6-12/h3-6,9H,2,7-8,15H2,1H3. The van der Waals surface area contributed by atoms with E-state index in [2.05, 4.69) is 5.10 Å². The minimum Gasteiger partial charge on any atom is -0.454 e. The quantitative estimate of drug-likeness (QED) is 0.885. The average Bonchev–Trinajstić information content (AvgIpc) is 2.71. The summed E-state index contributed by atoms with van der Waals surface area (Å²) in [5.41, 5.74) is 6.40. The van der Waals surface area contributed by atoms with Gasteiger partial charge in [-0.05, 0) is 44.2 Å². The number of hydrogen-bond donors (Lipinski definition) is 1. The molecule has 0 amide bonds. The van der Waals surface area contributed by atoms with Gasteiger partial charge in [-0.3, -0.25) is 4.68 Å². The van der Waals surface area contributed by atoms with Gasteiger partial charge in [0.25, 0.3) is 0 Å². The molecule has 0 aliphatic heterocycles. The number of halogens is 1. The molecule has 1 aromatic heterocycles. The lowest BCUT2D eigenvalue weighted by Gasteiger charge is -2.06. The molecule has 0 saturated carbocycles. The number of aromatic nitrogens is 2. The molecule has 0 aliphatic rings. The summed E-state index contributed by atoms with van der Waals surface area (Å²) in [4.78, 5) is 0. The van der Waals surface area contributed by atoms with Gasteiger partial charge in [-0.2, -0.15) is 5.10 Å². The molecule has 96 valence electrons. The second-order valence-corrected chi connectivity index (χ2v) is 4.02. The van der Waals surface area contributed by atoms with E-state index in [0.29, 0.717) is 18.0 Å². The molecule has 1 heterocycles. The minimum absolute atomic E-state index is 0.280. The van der Waals surface area contributed by atoms with Crippen molar-refractivity contribution < 1.29 is 9.13 Å². The summed E-state index contributed by atoms with van der Waals surface area (Å²) < 4.78 is 20.3. The first kappa shape index (κ1) is 12.6. The van der Waals surface area contributed by atoms with Gasteiger partial charge in [0.15, 0.2) is 5.75 Å². The van der Waals surface area contributed by atoms with Crippen molar-refractivity contribution >= 4 is 0 Å². The topological polar surface area (TPSA) is 53.1 Å². The Morgan fingerprint density at radius 1 is 1.33 bits per heavy atom. The third kappa shape index (κ3) is 2.87. The Hall–Kier alpha value is -1.88. The molecule has 0 fully saturated rings. The molecule has 0 radical (unpaired) electrons. The smallest absolute Gasteiger partial charge is 0.168 e. The molecule has 4 nitrogen and oxygen atoms in total. The van der Waals surface area contributed by atoms with E-state index < -0.39 is 0 Å². The molecule has 0 saturated heterocycles. The normalized spacial score (nSPS) is 10.6. The fourth-order valence-electron chi connectivity index (χ4n) is 1.63. The Morgan fingerprint density at radius 2 is 2.06 bits per heavy atom. The van der Waals surface area contributed by atoms with Crippen LogP contribution in [0.2, 0.25) is 0 Å². The van der Waals surface area contributed by atoms with E-state index in [1.807, 2.05) is 11.6 Å². The Labute approximate surface area is 105 Å². The van der Waals surface area contributed by atoms with Crippen LogP contribution in [0.15, 0.2) is 30.5 Å². The van der Waals surface area contributed by atoms with Crippen LogP contribution in [0.4, 0.5) is 4.39 Å². The third-order valence-corrected chi connectivity index (χ3v) is 2.67. The minimum atomic E-state index is -0.280. The molecule has 2 aromatic rings. The number of rotatable bonds is 5. The van der Waals surface area contributed by atoms with Crippen LogP contribution in [0.5, 0.6) is 11.5 Å². The van der Waals surface area contributed by atoms with E-state index in [4.69, 9.17) is 10.5 Å². The molecule has 2 N–H and O–H groups in total. The van der Waals surface area contributed by atoms with Crippen molar-refractivity contribution in [1.29, 1.82) is 0 Å². The maximum Gasteiger partial charge on any atom is 0.168 e. The van der Waals surface area contributed by atoms with E-state index >= 15 is 0 Å². The first-order valence-electron chi connectivity index (χ1n) is 5.86. The fourth-order valence-corrected chi connectivity index (χ4v) is 1.63. The van der Waals surface area contributed by atoms with Gasteiger partial charge in [-0.1, -0.05) is 0 Å². The van der Waals surface area contributed by atoms with Crippen LogP contribution in [0.25, 0.3) is 0 Å². The summed E-state index contributed by atoms with van der Waals surface area (Å²) >= 11 is 0. The van der Waals surface area contributed by atoms with Gasteiger partial charge in [-0.25, -0.2) is 4.39 Å². The van der Waals surface area contributed by atoms with Crippen molar-refractivity contribution in [3.05, 3.63) is 42.0 Å². The molecule has 0 spiro atoms. The number of nitrogens with zero attached hydrogens (tertiary/aromatic N) is 2. The highest BCUT2D eigenvalue weighted by Gasteiger charge is 2.08. The van der Waals surface area contributed by atoms with Crippen molar-refractivity contribution in [1.82, 2.24) is 9.78 Å². The van der Waals surface area contributed by atoms with Crippen molar-refractivity contribution in [2.45, 2.75) is 19.9 Å². The van der Waals surface area contributed by atoms with Gasteiger partial charge in [0.1, 0.15) is 11.6 Å². The maximum atomic E-state index is 12.8. The van der Waals surface area contributed by atoms with Crippen molar-refractivity contribution in [2.24, 2.45) is 5.73 Å². The van der Waals surface area contributed by atoms with Crippen molar-refractivity contribution in [2.75, 3.05) is 6.54 Å².